The summed E-state index contributed by atoms with van der Waals surface area (Å²) in [4.78, 5) is 38.5. The molecule has 0 radical (unpaired) electrons. The number of rotatable bonds is 62. The minimum absolute atomic E-state index is 0.106. The number of esters is 3. The lowest BCUT2D eigenvalue weighted by Crippen LogP contribution is -2.30. The molecule has 1 unspecified atom stereocenters. The average Bonchev–Trinajstić information content (AvgIpc) is 3.49. The van der Waals surface area contributed by atoms with Gasteiger partial charge in [-0.25, -0.2) is 0 Å². The second kappa shape index (κ2) is 70.0. The number of carbonyl (C=O) groups excluding carboxylic acids is 3. The van der Waals surface area contributed by atoms with Crippen molar-refractivity contribution in [2.45, 2.75) is 322 Å². The Hall–Kier alpha value is -4.45. The van der Waals surface area contributed by atoms with E-state index in [4.69, 9.17) is 14.2 Å². The van der Waals surface area contributed by atoms with Crippen LogP contribution < -0.4 is 0 Å². The fourth-order valence-electron chi connectivity index (χ4n) is 9.43. The highest BCUT2D eigenvalue weighted by Crippen LogP contribution is 2.16. The number of ether oxygens (including phenoxy) is 3. The third-order valence-corrected chi connectivity index (χ3v) is 14.6. The van der Waals surface area contributed by atoms with Crippen LogP contribution in [0.2, 0.25) is 0 Å². The van der Waals surface area contributed by atoms with E-state index in [1.54, 1.807) is 0 Å². The Kier molecular flexibility index (Phi) is 66.3. The molecule has 0 saturated heterocycles. The lowest BCUT2D eigenvalue weighted by Gasteiger charge is -2.18. The molecule has 83 heavy (non-hydrogen) atoms. The fourth-order valence-corrected chi connectivity index (χ4v) is 9.43. The quantitative estimate of drug-likeness (QED) is 0.0261. The first-order valence-electron chi connectivity index (χ1n) is 34.7. The molecule has 0 fully saturated rings. The van der Waals surface area contributed by atoms with Gasteiger partial charge in [-0.3, -0.25) is 14.4 Å². The van der Waals surface area contributed by atoms with E-state index in [1.165, 1.54) is 154 Å². The van der Waals surface area contributed by atoms with Crippen LogP contribution >= 0.6 is 0 Å². The van der Waals surface area contributed by atoms with Crippen molar-refractivity contribution in [3.05, 3.63) is 134 Å². The van der Waals surface area contributed by atoms with Gasteiger partial charge in [-0.15, -0.1) is 0 Å². The summed E-state index contributed by atoms with van der Waals surface area (Å²) in [6.07, 6.45) is 99.0. The van der Waals surface area contributed by atoms with Gasteiger partial charge < -0.3 is 14.2 Å². The largest absolute Gasteiger partial charge is 0.462 e. The number of hydrogen-bond acceptors (Lipinski definition) is 6. The van der Waals surface area contributed by atoms with E-state index in [0.29, 0.717) is 19.3 Å². The van der Waals surface area contributed by atoms with Crippen LogP contribution in [0.3, 0.4) is 0 Å². The van der Waals surface area contributed by atoms with E-state index in [-0.39, 0.29) is 37.5 Å². The lowest BCUT2D eigenvalue weighted by molar-refractivity contribution is -0.167. The monoisotopic (exact) mass is 1150 g/mol. The number of carbonyl (C=O) groups is 3. The predicted molar refractivity (Wildman–Crippen MR) is 362 cm³/mol. The van der Waals surface area contributed by atoms with Crippen molar-refractivity contribution >= 4 is 17.9 Å². The molecular weight excluding hydrogens is 1020 g/mol. The summed E-state index contributed by atoms with van der Waals surface area (Å²) in [7, 11) is 0. The maximum Gasteiger partial charge on any atom is 0.306 e. The molecule has 0 bridgehead atoms. The summed E-state index contributed by atoms with van der Waals surface area (Å²) in [5.74, 6) is -0.973. The van der Waals surface area contributed by atoms with Crippen molar-refractivity contribution in [3.63, 3.8) is 0 Å². The van der Waals surface area contributed by atoms with Crippen molar-refractivity contribution < 1.29 is 28.6 Å². The van der Waals surface area contributed by atoms with E-state index >= 15 is 0 Å². The first kappa shape index (κ1) is 78.5. The molecule has 472 valence electrons. The van der Waals surface area contributed by atoms with E-state index < -0.39 is 6.10 Å². The van der Waals surface area contributed by atoms with Crippen LogP contribution in [0.4, 0.5) is 0 Å². The summed E-state index contributed by atoms with van der Waals surface area (Å²) >= 11 is 0. The Morgan fingerprint density at radius 2 is 0.482 bits per heavy atom. The zero-order chi connectivity index (χ0) is 59.9. The number of allylic oxidation sites excluding steroid dienone is 22. The van der Waals surface area contributed by atoms with Crippen LogP contribution in [-0.2, 0) is 28.6 Å². The van der Waals surface area contributed by atoms with Crippen molar-refractivity contribution in [3.8, 4) is 0 Å². The Balaban J connectivity index is 4.50. The topological polar surface area (TPSA) is 78.9 Å². The Morgan fingerprint density at radius 3 is 0.819 bits per heavy atom. The van der Waals surface area contributed by atoms with Gasteiger partial charge in [0.1, 0.15) is 13.2 Å². The lowest BCUT2D eigenvalue weighted by atomic mass is 10.0. The van der Waals surface area contributed by atoms with E-state index in [2.05, 4.69) is 154 Å². The van der Waals surface area contributed by atoms with Gasteiger partial charge in [0.25, 0.3) is 0 Å². The highest BCUT2D eigenvalue weighted by molar-refractivity contribution is 5.71. The van der Waals surface area contributed by atoms with Gasteiger partial charge in [-0.1, -0.05) is 296 Å². The SMILES string of the molecule is CC/C=C\C/C=C\C/C=C\C/C=C\C/C=C\C/C=C\C/C=C\CCCC(=O)OCC(COC(=O)CCCCCCCC/C=C\C/C=C\C/C=C\CCCCC)OC(=O)CCCCCCCCCCCCC/C=C\CCCCCCCCCC. The molecule has 0 amide bonds. The number of hydrogen-bond donors (Lipinski definition) is 0. The third kappa shape index (κ3) is 68.2. The van der Waals surface area contributed by atoms with Gasteiger partial charge in [-0.05, 0) is 135 Å². The zero-order valence-corrected chi connectivity index (χ0v) is 54.2. The van der Waals surface area contributed by atoms with Crippen molar-refractivity contribution in [1.29, 1.82) is 0 Å². The maximum atomic E-state index is 13.0. The Morgan fingerprint density at radius 1 is 0.253 bits per heavy atom. The van der Waals surface area contributed by atoms with Crippen LogP contribution in [0.25, 0.3) is 0 Å². The van der Waals surface area contributed by atoms with E-state index in [0.717, 1.165) is 116 Å². The van der Waals surface area contributed by atoms with Crippen molar-refractivity contribution in [2.75, 3.05) is 13.2 Å². The van der Waals surface area contributed by atoms with Gasteiger partial charge in [0.15, 0.2) is 6.10 Å². The molecule has 0 saturated carbocycles. The molecule has 0 aliphatic rings. The molecule has 1 atom stereocenters. The summed E-state index contributed by atoms with van der Waals surface area (Å²) in [5, 5.41) is 0. The molecule has 0 heterocycles. The van der Waals surface area contributed by atoms with Crippen LogP contribution in [0.15, 0.2) is 134 Å². The van der Waals surface area contributed by atoms with Crippen LogP contribution in [-0.4, -0.2) is 37.2 Å². The average molecular weight is 1150 g/mol. The van der Waals surface area contributed by atoms with E-state index in [1.807, 2.05) is 0 Å². The first-order chi connectivity index (χ1) is 41.0. The van der Waals surface area contributed by atoms with Crippen molar-refractivity contribution in [1.82, 2.24) is 0 Å². The summed E-state index contributed by atoms with van der Waals surface area (Å²) < 4.78 is 16.9. The standard InChI is InChI=1S/C77H128O6/c1-4-7-10-13-16-19-22-25-28-31-34-36-38-40-43-46-49-52-55-58-61-64-67-70-76(79)82-73-74(72-81-75(78)69-66-63-60-57-54-51-48-45-42-33-30-27-24-21-18-15-12-9-6-3)83-77(80)71-68-65-62-59-56-53-50-47-44-41-39-37-35-32-29-26-23-20-17-14-11-8-5-2/h7,10,16,18-19,21,25,27-28,30,32,34-36,40,42-43,45,49,52,58,61,74H,4-6,8-9,11-15,17,20,22-24,26,29,31,33,37-39,41,44,46-48,50-51,53-57,59-60,62-73H2,1-3H3/b10-7-,19-16-,21-18-,28-25-,30-27-,35-32-,36-34-,43-40-,45-42-,52-49-,61-58-. The summed E-state index contributed by atoms with van der Waals surface area (Å²) in [5.41, 5.74) is 0. The summed E-state index contributed by atoms with van der Waals surface area (Å²) in [6, 6.07) is 0. The molecule has 0 rings (SSSR count). The third-order valence-electron chi connectivity index (χ3n) is 14.6. The van der Waals surface area contributed by atoms with Crippen LogP contribution in [0, 0.1) is 0 Å². The molecule has 0 aromatic heterocycles. The molecular formula is C77H128O6. The fraction of sp³-hybridized carbons (Fsp3) is 0.675. The second-order valence-electron chi connectivity index (χ2n) is 22.7. The van der Waals surface area contributed by atoms with Crippen LogP contribution in [0.5, 0.6) is 0 Å². The molecule has 0 aromatic rings. The molecule has 6 heteroatoms. The number of unbranched alkanes of at least 4 members (excludes halogenated alkanes) is 29. The minimum Gasteiger partial charge on any atom is -0.462 e. The van der Waals surface area contributed by atoms with Gasteiger partial charge in [-0.2, -0.15) is 0 Å². The Bertz CT molecular complexity index is 1750. The molecule has 0 N–H and O–H groups in total. The first-order valence-corrected chi connectivity index (χ1v) is 34.7. The zero-order valence-electron chi connectivity index (χ0n) is 54.2. The van der Waals surface area contributed by atoms with Crippen LogP contribution in [0.1, 0.15) is 316 Å². The summed E-state index contributed by atoms with van der Waals surface area (Å²) in [6.45, 7) is 6.46. The minimum atomic E-state index is -0.815. The molecule has 6 nitrogen and oxygen atoms in total. The molecule has 0 aromatic carbocycles. The maximum absolute atomic E-state index is 13.0. The predicted octanol–water partition coefficient (Wildman–Crippen LogP) is 24.1. The highest BCUT2D eigenvalue weighted by atomic mass is 16.6. The smallest absolute Gasteiger partial charge is 0.306 e. The van der Waals surface area contributed by atoms with Gasteiger partial charge in [0.2, 0.25) is 0 Å². The Labute approximate surface area is 513 Å². The molecule has 0 aliphatic carbocycles. The van der Waals surface area contributed by atoms with Crippen molar-refractivity contribution in [2.24, 2.45) is 0 Å². The second-order valence-corrected chi connectivity index (χ2v) is 22.7. The van der Waals surface area contributed by atoms with E-state index in [9.17, 15) is 14.4 Å². The van der Waals surface area contributed by atoms with Gasteiger partial charge >= 0.3 is 17.9 Å². The van der Waals surface area contributed by atoms with Gasteiger partial charge in [0, 0.05) is 19.3 Å². The highest BCUT2D eigenvalue weighted by Gasteiger charge is 2.19. The molecule has 0 spiro atoms. The molecule has 0 aliphatic heterocycles. The van der Waals surface area contributed by atoms with Gasteiger partial charge in [0.05, 0.1) is 0 Å². The normalized spacial score (nSPS) is 13.0.